The third-order valence-corrected chi connectivity index (χ3v) is 7.31. The monoisotopic (exact) mass is 457 g/mol. The quantitative estimate of drug-likeness (QED) is 0.529. The number of carbonyl (C=O) groups is 1. The highest BCUT2D eigenvalue weighted by molar-refractivity contribution is 7.89. The highest BCUT2D eigenvalue weighted by Gasteiger charge is 2.27. The number of hydrogen-bond donors (Lipinski definition) is 1. The summed E-state index contributed by atoms with van der Waals surface area (Å²) in [6.45, 7) is 4.14. The van der Waals surface area contributed by atoms with E-state index < -0.39 is 10.0 Å². The molecule has 1 aliphatic rings. The van der Waals surface area contributed by atoms with Crippen molar-refractivity contribution in [3.63, 3.8) is 0 Å². The van der Waals surface area contributed by atoms with E-state index in [2.05, 4.69) is 15.6 Å². The van der Waals surface area contributed by atoms with Gasteiger partial charge in [0.05, 0.1) is 17.0 Å². The van der Waals surface area contributed by atoms with Crippen molar-refractivity contribution in [2.24, 2.45) is 0 Å². The maximum atomic E-state index is 12.8. The van der Waals surface area contributed by atoms with E-state index in [1.807, 2.05) is 31.2 Å². The molecule has 170 valence electrons. The zero-order valence-corrected chi connectivity index (χ0v) is 18.8. The van der Waals surface area contributed by atoms with Crippen LogP contribution in [-0.2, 0) is 21.4 Å². The number of amides is 1. The van der Waals surface area contributed by atoms with Crippen LogP contribution in [0.5, 0.6) is 5.75 Å². The first-order chi connectivity index (χ1) is 15.5. The Morgan fingerprint density at radius 3 is 2.59 bits per heavy atom. The van der Waals surface area contributed by atoms with Crippen LogP contribution in [0.4, 0.5) is 5.69 Å². The van der Waals surface area contributed by atoms with Crippen molar-refractivity contribution in [1.82, 2.24) is 19.3 Å². The van der Waals surface area contributed by atoms with Crippen molar-refractivity contribution in [3.8, 4) is 5.75 Å². The molecule has 1 fully saturated rings. The van der Waals surface area contributed by atoms with Gasteiger partial charge in [-0.1, -0.05) is 5.21 Å². The predicted molar refractivity (Wildman–Crippen MR) is 121 cm³/mol. The first-order valence-electron chi connectivity index (χ1n) is 10.8. The van der Waals surface area contributed by atoms with E-state index in [0.717, 1.165) is 29.8 Å². The molecule has 1 aromatic heterocycles. The van der Waals surface area contributed by atoms with Gasteiger partial charge in [-0.3, -0.25) is 4.79 Å². The Morgan fingerprint density at radius 1 is 1.12 bits per heavy atom. The predicted octanol–water partition coefficient (Wildman–Crippen LogP) is 3.03. The van der Waals surface area contributed by atoms with E-state index in [-0.39, 0.29) is 10.8 Å². The largest absolute Gasteiger partial charge is 0.494 e. The molecule has 2 aromatic carbocycles. The lowest BCUT2D eigenvalue weighted by atomic mass is 10.2. The molecule has 10 heteroatoms. The van der Waals surface area contributed by atoms with E-state index in [1.54, 1.807) is 22.9 Å². The number of fused-ring (bicyclic) bond motifs is 1. The highest BCUT2D eigenvalue weighted by Crippen LogP contribution is 2.24. The summed E-state index contributed by atoms with van der Waals surface area (Å²) in [5.74, 6) is 0.678. The van der Waals surface area contributed by atoms with Crippen molar-refractivity contribution in [2.75, 3.05) is 25.0 Å². The van der Waals surface area contributed by atoms with Crippen LogP contribution in [0.15, 0.2) is 47.4 Å². The molecule has 3 aromatic rings. The Bertz CT molecular complexity index is 1180. The molecule has 0 spiro atoms. The van der Waals surface area contributed by atoms with Crippen LogP contribution in [-0.4, -0.2) is 53.3 Å². The molecule has 0 radical (unpaired) electrons. The fourth-order valence-electron chi connectivity index (χ4n) is 3.77. The van der Waals surface area contributed by atoms with Crippen molar-refractivity contribution in [2.45, 2.75) is 44.0 Å². The minimum Gasteiger partial charge on any atom is -0.494 e. The summed E-state index contributed by atoms with van der Waals surface area (Å²) in [7, 11) is -3.49. The second-order valence-corrected chi connectivity index (χ2v) is 9.62. The molecule has 9 nitrogen and oxygen atoms in total. The lowest BCUT2D eigenvalue weighted by Gasteiger charge is -2.15. The Hall–Kier alpha value is -2.98. The van der Waals surface area contributed by atoms with E-state index in [9.17, 15) is 13.2 Å². The van der Waals surface area contributed by atoms with Crippen LogP contribution in [0, 0.1) is 0 Å². The van der Waals surface area contributed by atoms with Crippen molar-refractivity contribution >= 4 is 32.7 Å². The lowest BCUT2D eigenvalue weighted by molar-refractivity contribution is -0.116. The number of hydrogen-bond acceptors (Lipinski definition) is 6. The molecule has 0 unspecified atom stereocenters. The molecule has 0 saturated carbocycles. The van der Waals surface area contributed by atoms with Crippen molar-refractivity contribution < 1.29 is 17.9 Å². The summed E-state index contributed by atoms with van der Waals surface area (Å²) in [4.78, 5) is 12.5. The smallest absolute Gasteiger partial charge is 0.243 e. The lowest BCUT2D eigenvalue weighted by Crippen LogP contribution is -2.27. The van der Waals surface area contributed by atoms with Gasteiger partial charge in [0.1, 0.15) is 11.3 Å². The Kier molecular flexibility index (Phi) is 6.71. The standard InChI is InChI=1S/C22H27N5O4S/c1-2-31-18-9-7-17(8-10-18)23-22(28)6-5-15-27-21-12-11-19(16-20(21)24-25-27)32(29,30)26-13-3-4-14-26/h7-12,16H,2-6,13-15H2,1H3,(H,23,28). The first-order valence-corrected chi connectivity index (χ1v) is 12.3. The number of nitrogens with zero attached hydrogens (tertiary/aromatic N) is 4. The zero-order valence-electron chi connectivity index (χ0n) is 18.0. The Morgan fingerprint density at radius 2 is 1.88 bits per heavy atom. The van der Waals surface area contributed by atoms with Gasteiger partial charge >= 0.3 is 0 Å². The van der Waals surface area contributed by atoms with E-state index >= 15 is 0 Å². The maximum absolute atomic E-state index is 12.8. The summed E-state index contributed by atoms with van der Waals surface area (Å²) in [5, 5.41) is 11.1. The maximum Gasteiger partial charge on any atom is 0.243 e. The highest BCUT2D eigenvalue weighted by atomic mass is 32.2. The molecule has 1 saturated heterocycles. The SMILES string of the molecule is CCOc1ccc(NC(=O)CCCn2nnc3cc(S(=O)(=O)N4CCCC4)ccc32)cc1. The second kappa shape index (κ2) is 9.66. The molecule has 1 N–H and O–H groups in total. The summed E-state index contributed by atoms with van der Waals surface area (Å²) in [6, 6.07) is 12.2. The van der Waals surface area contributed by atoms with Crippen LogP contribution in [0.3, 0.4) is 0 Å². The summed E-state index contributed by atoms with van der Waals surface area (Å²) >= 11 is 0. The van der Waals surface area contributed by atoms with Gasteiger partial charge in [-0.05, 0) is 68.7 Å². The first kappa shape index (κ1) is 22.2. The van der Waals surface area contributed by atoms with Gasteiger partial charge < -0.3 is 10.1 Å². The number of aromatic nitrogens is 3. The zero-order chi connectivity index (χ0) is 22.6. The number of carbonyl (C=O) groups excluding carboxylic acids is 1. The summed E-state index contributed by atoms with van der Waals surface area (Å²) in [5.41, 5.74) is 2.00. The van der Waals surface area contributed by atoms with Crippen molar-refractivity contribution in [3.05, 3.63) is 42.5 Å². The Balaban J connectivity index is 1.34. The van der Waals surface area contributed by atoms with Gasteiger partial charge in [-0.2, -0.15) is 4.31 Å². The van der Waals surface area contributed by atoms with Crippen LogP contribution in [0.25, 0.3) is 11.0 Å². The van der Waals surface area contributed by atoms with Crippen LogP contribution in [0.1, 0.15) is 32.6 Å². The minimum atomic E-state index is -3.49. The van der Waals surface area contributed by atoms with Gasteiger partial charge in [-0.15, -0.1) is 5.10 Å². The average molecular weight is 458 g/mol. The van der Waals surface area contributed by atoms with Crippen LogP contribution < -0.4 is 10.1 Å². The molecular formula is C22H27N5O4S. The molecular weight excluding hydrogens is 430 g/mol. The number of aryl methyl sites for hydroxylation is 1. The summed E-state index contributed by atoms with van der Waals surface area (Å²) < 4.78 is 34.1. The third kappa shape index (κ3) is 4.91. The molecule has 1 amide bonds. The number of benzene rings is 2. The molecule has 32 heavy (non-hydrogen) atoms. The topological polar surface area (TPSA) is 106 Å². The van der Waals surface area contributed by atoms with Crippen LogP contribution in [0.2, 0.25) is 0 Å². The van der Waals surface area contributed by atoms with Gasteiger partial charge in [0.15, 0.2) is 0 Å². The fourth-order valence-corrected chi connectivity index (χ4v) is 5.31. The van der Waals surface area contributed by atoms with E-state index in [4.69, 9.17) is 4.74 Å². The molecule has 2 heterocycles. The van der Waals surface area contributed by atoms with Gasteiger partial charge in [0.25, 0.3) is 0 Å². The number of ether oxygens (including phenoxy) is 1. The molecule has 4 rings (SSSR count). The fraction of sp³-hybridized carbons (Fsp3) is 0.409. The van der Waals surface area contributed by atoms with Gasteiger partial charge in [0, 0.05) is 31.7 Å². The number of rotatable bonds is 9. The van der Waals surface area contributed by atoms with E-state index in [0.29, 0.717) is 44.6 Å². The van der Waals surface area contributed by atoms with Gasteiger partial charge in [-0.25, -0.2) is 13.1 Å². The minimum absolute atomic E-state index is 0.0856. The van der Waals surface area contributed by atoms with Gasteiger partial charge in [0.2, 0.25) is 15.9 Å². The summed E-state index contributed by atoms with van der Waals surface area (Å²) in [6.07, 6.45) is 2.69. The normalized spacial score (nSPS) is 14.7. The number of anilines is 1. The molecule has 0 atom stereocenters. The van der Waals surface area contributed by atoms with Crippen LogP contribution >= 0.6 is 0 Å². The third-order valence-electron chi connectivity index (χ3n) is 5.41. The van der Waals surface area contributed by atoms with Crippen molar-refractivity contribution in [1.29, 1.82) is 0 Å². The average Bonchev–Trinajstić information content (AvgIpc) is 3.46. The second-order valence-electron chi connectivity index (χ2n) is 7.68. The molecule has 0 bridgehead atoms. The number of nitrogens with one attached hydrogen (secondary N) is 1. The Labute approximate surface area is 187 Å². The molecule has 0 aliphatic carbocycles. The van der Waals surface area contributed by atoms with E-state index in [1.165, 1.54) is 4.31 Å². The molecule has 1 aliphatic heterocycles. The number of sulfonamides is 1.